The summed E-state index contributed by atoms with van der Waals surface area (Å²) < 4.78 is 1.09. The van der Waals surface area contributed by atoms with Gasteiger partial charge in [0.15, 0.2) is 0 Å². The molecule has 0 radical (unpaired) electrons. The van der Waals surface area contributed by atoms with Crippen LogP contribution in [0.4, 0.5) is 5.69 Å². The molecule has 2 amide bonds. The largest absolute Gasteiger partial charge is 0.373 e. The Morgan fingerprint density at radius 3 is 2.50 bits per heavy atom. The molecular formula is C17H19IN4O2. The van der Waals surface area contributed by atoms with Crippen molar-refractivity contribution >= 4 is 40.1 Å². The molecule has 6 nitrogen and oxygen atoms in total. The highest BCUT2D eigenvalue weighted by atomic mass is 127. The summed E-state index contributed by atoms with van der Waals surface area (Å²) in [6, 6.07) is 7.66. The van der Waals surface area contributed by atoms with Crippen LogP contribution in [0.15, 0.2) is 30.0 Å². The standard InChI is InChI=1S/C17H19IN4O2/c1-12-9-15(18)3-4-16(12)20-17(24)14(10-19)11-21-5-7-22(8-6-21)13(2)23/h3-4,9,11H,5-8H2,1-2H3,(H,20,24)/b14-11-. The highest BCUT2D eigenvalue weighted by Gasteiger charge is 2.18. The fraction of sp³-hybridized carbons (Fsp3) is 0.353. The summed E-state index contributed by atoms with van der Waals surface area (Å²) in [5.74, 6) is -0.373. The van der Waals surface area contributed by atoms with Crippen LogP contribution in [0.2, 0.25) is 0 Å². The highest BCUT2D eigenvalue weighted by molar-refractivity contribution is 14.1. The number of amides is 2. The molecule has 0 aliphatic carbocycles. The summed E-state index contributed by atoms with van der Waals surface area (Å²) in [5.41, 5.74) is 1.70. The number of rotatable bonds is 3. The lowest BCUT2D eigenvalue weighted by Gasteiger charge is -2.33. The number of nitrogens with zero attached hydrogens (tertiary/aromatic N) is 3. The molecule has 0 saturated carbocycles. The zero-order valence-corrected chi connectivity index (χ0v) is 15.8. The number of anilines is 1. The Hall–Kier alpha value is -2.08. The van der Waals surface area contributed by atoms with Gasteiger partial charge < -0.3 is 15.1 Å². The minimum atomic E-state index is -0.421. The predicted molar refractivity (Wildman–Crippen MR) is 100 cm³/mol. The molecule has 0 unspecified atom stereocenters. The van der Waals surface area contributed by atoms with Gasteiger partial charge in [-0.25, -0.2) is 0 Å². The van der Waals surface area contributed by atoms with Crippen molar-refractivity contribution < 1.29 is 9.59 Å². The normalized spacial score (nSPS) is 15.0. The van der Waals surface area contributed by atoms with E-state index in [1.807, 2.05) is 36.1 Å². The van der Waals surface area contributed by atoms with Crippen molar-refractivity contribution in [3.63, 3.8) is 0 Å². The molecule has 1 heterocycles. The molecule has 1 N–H and O–H groups in total. The van der Waals surface area contributed by atoms with Gasteiger partial charge in [-0.3, -0.25) is 9.59 Å². The van der Waals surface area contributed by atoms with Crippen molar-refractivity contribution in [2.45, 2.75) is 13.8 Å². The number of halogens is 1. The summed E-state index contributed by atoms with van der Waals surface area (Å²) in [5, 5.41) is 12.1. The number of benzene rings is 1. The maximum atomic E-state index is 12.3. The third kappa shape index (κ3) is 4.71. The van der Waals surface area contributed by atoms with Gasteiger partial charge >= 0.3 is 0 Å². The molecule has 7 heteroatoms. The van der Waals surface area contributed by atoms with E-state index in [0.29, 0.717) is 31.9 Å². The third-order valence-corrected chi connectivity index (χ3v) is 4.54. The SMILES string of the molecule is CC(=O)N1CCN(/C=C(/C#N)C(=O)Nc2ccc(I)cc2C)CC1. The molecule has 24 heavy (non-hydrogen) atoms. The lowest BCUT2D eigenvalue weighted by atomic mass is 10.2. The Labute approximate surface area is 155 Å². The fourth-order valence-electron chi connectivity index (χ4n) is 2.44. The number of hydrogen-bond acceptors (Lipinski definition) is 4. The molecule has 1 fully saturated rings. The quantitative estimate of drug-likeness (QED) is 0.446. The van der Waals surface area contributed by atoms with E-state index in [9.17, 15) is 14.9 Å². The average molecular weight is 438 g/mol. The van der Waals surface area contributed by atoms with Crippen LogP contribution in [-0.2, 0) is 9.59 Å². The van der Waals surface area contributed by atoms with Crippen LogP contribution in [0.3, 0.4) is 0 Å². The average Bonchev–Trinajstić information content (AvgIpc) is 2.55. The van der Waals surface area contributed by atoms with E-state index >= 15 is 0 Å². The molecule has 0 bridgehead atoms. The van der Waals surface area contributed by atoms with Crippen molar-refractivity contribution in [1.82, 2.24) is 9.80 Å². The number of aryl methyl sites for hydroxylation is 1. The minimum Gasteiger partial charge on any atom is -0.373 e. The van der Waals surface area contributed by atoms with Crippen molar-refractivity contribution in [3.05, 3.63) is 39.1 Å². The van der Waals surface area contributed by atoms with Gasteiger partial charge in [-0.2, -0.15) is 5.26 Å². The van der Waals surface area contributed by atoms with Crippen LogP contribution in [0.1, 0.15) is 12.5 Å². The summed E-state index contributed by atoms with van der Waals surface area (Å²) in [6.07, 6.45) is 1.58. The van der Waals surface area contributed by atoms with E-state index in [4.69, 9.17) is 0 Å². The number of nitriles is 1. The second kappa shape index (κ2) is 8.15. The zero-order valence-electron chi connectivity index (χ0n) is 13.7. The van der Waals surface area contributed by atoms with Gasteiger partial charge in [0.2, 0.25) is 5.91 Å². The van der Waals surface area contributed by atoms with E-state index < -0.39 is 5.91 Å². The van der Waals surface area contributed by atoms with Gasteiger partial charge in [0.25, 0.3) is 5.91 Å². The first-order valence-corrected chi connectivity index (χ1v) is 8.67. The molecule has 1 saturated heterocycles. The number of carbonyl (C=O) groups excluding carboxylic acids is 2. The fourth-order valence-corrected chi connectivity index (χ4v) is 3.09. The summed E-state index contributed by atoms with van der Waals surface area (Å²) in [7, 11) is 0. The van der Waals surface area contributed by atoms with E-state index in [1.54, 1.807) is 18.0 Å². The van der Waals surface area contributed by atoms with E-state index in [0.717, 1.165) is 9.13 Å². The van der Waals surface area contributed by atoms with Crippen LogP contribution in [0.25, 0.3) is 0 Å². The number of hydrogen-bond donors (Lipinski definition) is 1. The third-order valence-electron chi connectivity index (χ3n) is 3.87. The lowest BCUT2D eigenvalue weighted by Crippen LogP contribution is -2.46. The van der Waals surface area contributed by atoms with E-state index in [1.165, 1.54) is 0 Å². The van der Waals surface area contributed by atoms with E-state index in [2.05, 4.69) is 27.9 Å². The Morgan fingerprint density at radius 2 is 1.96 bits per heavy atom. The molecule has 2 rings (SSSR count). The van der Waals surface area contributed by atoms with E-state index in [-0.39, 0.29) is 11.5 Å². The van der Waals surface area contributed by atoms with Gasteiger partial charge in [0, 0.05) is 48.6 Å². The smallest absolute Gasteiger partial charge is 0.267 e. The van der Waals surface area contributed by atoms with Crippen molar-refractivity contribution in [1.29, 1.82) is 5.26 Å². The monoisotopic (exact) mass is 438 g/mol. The van der Waals surface area contributed by atoms with Gasteiger partial charge in [-0.1, -0.05) is 0 Å². The van der Waals surface area contributed by atoms with Gasteiger partial charge in [-0.15, -0.1) is 0 Å². The number of nitrogens with one attached hydrogen (secondary N) is 1. The molecule has 1 aromatic rings. The molecule has 1 aromatic carbocycles. The first-order valence-electron chi connectivity index (χ1n) is 7.59. The topological polar surface area (TPSA) is 76.4 Å². The molecule has 1 aliphatic heterocycles. The summed E-state index contributed by atoms with van der Waals surface area (Å²) in [6.45, 7) is 5.88. The van der Waals surface area contributed by atoms with Gasteiger partial charge in [-0.05, 0) is 53.3 Å². The Balaban J connectivity index is 2.04. The summed E-state index contributed by atoms with van der Waals surface area (Å²) >= 11 is 2.21. The van der Waals surface area contributed by atoms with Crippen LogP contribution in [0.5, 0.6) is 0 Å². The Kier molecular flexibility index (Phi) is 6.20. The second-order valence-electron chi connectivity index (χ2n) is 5.61. The maximum absolute atomic E-state index is 12.3. The first kappa shape index (κ1) is 18.3. The molecule has 0 aromatic heterocycles. The van der Waals surface area contributed by atoms with Crippen molar-refractivity contribution in [2.24, 2.45) is 0 Å². The second-order valence-corrected chi connectivity index (χ2v) is 6.86. The van der Waals surface area contributed by atoms with Crippen LogP contribution in [-0.4, -0.2) is 47.8 Å². The Morgan fingerprint density at radius 1 is 1.29 bits per heavy atom. The lowest BCUT2D eigenvalue weighted by molar-refractivity contribution is -0.130. The molecular weight excluding hydrogens is 419 g/mol. The summed E-state index contributed by atoms with van der Waals surface area (Å²) in [4.78, 5) is 27.3. The maximum Gasteiger partial charge on any atom is 0.267 e. The van der Waals surface area contributed by atoms with Crippen LogP contribution >= 0.6 is 22.6 Å². The zero-order chi connectivity index (χ0) is 17.7. The molecule has 126 valence electrons. The molecule has 0 atom stereocenters. The van der Waals surface area contributed by atoms with Gasteiger partial charge in [0.05, 0.1) is 0 Å². The number of carbonyl (C=O) groups is 2. The molecule has 1 aliphatic rings. The Bertz CT molecular complexity index is 716. The predicted octanol–water partition coefficient (Wildman–Crippen LogP) is 2.11. The minimum absolute atomic E-state index is 0.0473. The van der Waals surface area contributed by atoms with Crippen molar-refractivity contribution in [2.75, 3.05) is 31.5 Å². The van der Waals surface area contributed by atoms with Crippen LogP contribution < -0.4 is 5.32 Å². The van der Waals surface area contributed by atoms with Crippen LogP contribution in [0, 0.1) is 21.8 Å². The first-order chi connectivity index (χ1) is 11.4. The molecule has 0 spiro atoms. The van der Waals surface area contributed by atoms with Gasteiger partial charge in [0.1, 0.15) is 11.6 Å². The number of piperazine rings is 1. The van der Waals surface area contributed by atoms with Crippen molar-refractivity contribution in [3.8, 4) is 6.07 Å². The highest BCUT2D eigenvalue weighted by Crippen LogP contribution is 2.18.